The van der Waals surface area contributed by atoms with Crippen LogP contribution in [0.2, 0.25) is 0 Å². The van der Waals surface area contributed by atoms with Crippen molar-refractivity contribution in [3.63, 3.8) is 0 Å². The molecule has 3 heteroatoms. The van der Waals surface area contributed by atoms with Gasteiger partial charge in [-0.2, -0.15) is 0 Å². The highest BCUT2D eigenvalue weighted by Gasteiger charge is 2.20. The summed E-state index contributed by atoms with van der Waals surface area (Å²) in [6.07, 6.45) is 15.8. The predicted molar refractivity (Wildman–Crippen MR) is 95.1 cm³/mol. The van der Waals surface area contributed by atoms with Crippen LogP contribution in [-0.4, -0.2) is 48.9 Å². The first-order valence-electron chi connectivity index (χ1n) is 9.53. The summed E-state index contributed by atoms with van der Waals surface area (Å²) in [5.74, 6) is 0.274. The van der Waals surface area contributed by atoms with Crippen molar-refractivity contribution in [2.75, 3.05) is 27.2 Å². The fraction of sp³-hybridized carbons (Fsp3) is 0.947. The molecular formula is C19H38N2O. The summed E-state index contributed by atoms with van der Waals surface area (Å²) < 4.78 is 0. The standard InChI is InChI=1S/C19H38N2O/c1-18(22)21(17-13-16-20(2)3)19-14-11-9-7-5-4-6-8-10-12-15-19/h19H,4-17H2,1-3H3. The van der Waals surface area contributed by atoms with E-state index in [-0.39, 0.29) is 5.91 Å². The lowest BCUT2D eigenvalue weighted by molar-refractivity contribution is -0.131. The van der Waals surface area contributed by atoms with Gasteiger partial charge in [0.25, 0.3) is 0 Å². The van der Waals surface area contributed by atoms with Gasteiger partial charge in [0.2, 0.25) is 5.91 Å². The third-order valence-corrected chi connectivity index (χ3v) is 4.92. The Bertz CT molecular complexity index is 279. The van der Waals surface area contributed by atoms with E-state index in [9.17, 15) is 4.79 Å². The van der Waals surface area contributed by atoms with E-state index in [0.29, 0.717) is 6.04 Å². The second kappa shape index (κ2) is 11.9. The largest absolute Gasteiger partial charge is 0.340 e. The predicted octanol–water partition coefficient (Wildman–Crippen LogP) is 4.46. The Labute approximate surface area is 138 Å². The smallest absolute Gasteiger partial charge is 0.219 e. The van der Waals surface area contributed by atoms with Gasteiger partial charge < -0.3 is 9.80 Å². The van der Waals surface area contributed by atoms with Gasteiger partial charge in [0, 0.05) is 19.5 Å². The van der Waals surface area contributed by atoms with Crippen molar-refractivity contribution in [3.8, 4) is 0 Å². The maximum absolute atomic E-state index is 12.1. The Morgan fingerprint density at radius 3 is 1.68 bits per heavy atom. The van der Waals surface area contributed by atoms with Gasteiger partial charge in [-0.15, -0.1) is 0 Å². The van der Waals surface area contributed by atoms with Crippen LogP contribution in [0.4, 0.5) is 0 Å². The first-order valence-corrected chi connectivity index (χ1v) is 9.53. The molecule has 0 saturated heterocycles. The van der Waals surface area contributed by atoms with Gasteiger partial charge in [0.15, 0.2) is 0 Å². The van der Waals surface area contributed by atoms with Gasteiger partial charge in [-0.3, -0.25) is 4.79 Å². The number of amides is 1. The maximum Gasteiger partial charge on any atom is 0.219 e. The molecular weight excluding hydrogens is 272 g/mol. The number of carbonyl (C=O) groups is 1. The second-order valence-corrected chi connectivity index (χ2v) is 7.28. The highest BCUT2D eigenvalue weighted by Crippen LogP contribution is 2.21. The number of hydrogen-bond acceptors (Lipinski definition) is 2. The van der Waals surface area contributed by atoms with E-state index in [1.165, 1.54) is 70.6 Å². The van der Waals surface area contributed by atoms with Gasteiger partial charge in [-0.1, -0.05) is 57.8 Å². The molecule has 130 valence electrons. The highest BCUT2D eigenvalue weighted by molar-refractivity contribution is 5.73. The van der Waals surface area contributed by atoms with E-state index in [2.05, 4.69) is 23.9 Å². The molecule has 0 heterocycles. The van der Waals surface area contributed by atoms with Crippen LogP contribution in [0.25, 0.3) is 0 Å². The zero-order chi connectivity index (χ0) is 16.2. The Hall–Kier alpha value is -0.570. The van der Waals surface area contributed by atoms with E-state index < -0.39 is 0 Å². The zero-order valence-corrected chi connectivity index (χ0v) is 15.3. The Balaban J connectivity index is 2.51. The van der Waals surface area contributed by atoms with Gasteiger partial charge >= 0.3 is 0 Å². The van der Waals surface area contributed by atoms with Crippen LogP contribution < -0.4 is 0 Å². The van der Waals surface area contributed by atoms with Gasteiger partial charge in [0.05, 0.1) is 0 Å². The normalized spacial score (nSPS) is 19.5. The summed E-state index contributed by atoms with van der Waals surface area (Å²) in [5, 5.41) is 0. The number of rotatable bonds is 5. The fourth-order valence-corrected chi connectivity index (χ4v) is 3.61. The first kappa shape index (κ1) is 19.5. The monoisotopic (exact) mass is 310 g/mol. The van der Waals surface area contributed by atoms with Gasteiger partial charge in [-0.25, -0.2) is 0 Å². The third-order valence-electron chi connectivity index (χ3n) is 4.92. The van der Waals surface area contributed by atoms with Crippen molar-refractivity contribution in [3.05, 3.63) is 0 Å². The molecule has 1 aliphatic carbocycles. The molecule has 1 saturated carbocycles. The lowest BCUT2D eigenvalue weighted by Crippen LogP contribution is -2.40. The molecule has 0 aromatic carbocycles. The summed E-state index contributed by atoms with van der Waals surface area (Å²) in [6, 6.07) is 0.485. The summed E-state index contributed by atoms with van der Waals surface area (Å²) in [7, 11) is 4.21. The Morgan fingerprint density at radius 2 is 1.27 bits per heavy atom. The third kappa shape index (κ3) is 8.77. The maximum atomic E-state index is 12.1. The van der Waals surface area contributed by atoms with Gasteiger partial charge in [0.1, 0.15) is 0 Å². The van der Waals surface area contributed by atoms with Crippen LogP contribution in [0, 0.1) is 0 Å². The van der Waals surface area contributed by atoms with Crippen LogP contribution in [-0.2, 0) is 4.79 Å². The Kier molecular flexibility index (Phi) is 10.6. The summed E-state index contributed by atoms with van der Waals surface area (Å²) in [6.45, 7) is 3.75. The van der Waals surface area contributed by atoms with E-state index in [1.54, 1.807) is 6.92 Å². The SMILES string of the molecule is CC(=O)N(CCCN(C)C)C1CCCCCCCCCCC1. The molecule has 0 spiro atoms. The van der Waals surface area contributed by atoms with Crippen LogP contribution in [0.3, 0.4) is 0 Å². The van der Waals surface area contributed by atoms with E-state index in [1.807, 2.05) is 0 Å². The summed E-state index contributed by atoms with van der Waals surface area (Å²) >= 11 is 0. The average Bonchev–Trinajstić information content (AvgIpc) is 2.44. The second-order valence-electron chi connectivity index (χ2n) is 7.28. The molecule has 0 unspecified atom stereocenters. The molecule has 1 rings (SSSR count). The lowest BCUT2D eigenvalue weighted by Gasteiger charge is -2.32. The quantitative estimate of drug-likeness (QED) is 0.748. The molecule has 0 aliphatic heterocycles. The van der Waals surface area contributed by atoms with E-state index >= 15 is 0 Å². The number of hydrogen-bond donors (Lipinski definition) is 0. The lowest BCUT2D eigenvalue weighted by atomic mass is 9.96. The zero-order valence-electron chi connectivity index (χ0n) is 15.3. The molecule has 0 bridgehead atoms. The topological polar surface area (TPSA) is 23.6 Å². The fourth-order valence-electron chi connectivity index (χ4n) is 3.61. The van der Waals surface area contributed by atoms with E-state index in [0.717, 1.165) is 19.5 Å². The van der Waals surface area contributed by atoms with Crippen LogP contribution >= 0.6 is 0 Å². The Morgan fingerprint density at radius 1 is 0.818 bits per heavy atom. The molecule has 0 aromatic rings. The van der Waals surface area contributed by atoms with Crippen molar-refractivity contribution in [2.24, 2.45) is 0 Å². The van der Waals surface area contributed by atoms with Crippen molar-refractivity contribution in [1.29, 1.82) is 0 Å². The molecule has 22 heavy (non-hydrogen) atoms. The van der Waals surface area contributed by atoms with Crippen LogP contribution in [0.1, 0.15) is 84.0 Å². The minimum Gasteiger partial charge on any atom is -0.340 e. The summed E-state index contributed by atoms with van der Waals surface area (Å²) in [5.41, 5.74) is 0. The number of nitrogens with zero attached hydrogens (tertiary/aromatic N) is 2. The minimum atomic E-state index is 0.274. The summed E-state index contributed by atoms with van der Waals surface area (Å²) in [4.78, 5) is 16.5. The molecule has 0 aromatic heterocycles. The van der Waals surface area contributed by atoms with Gasteiger partial charge in [-0.05, 0) is 39.9 Å². The van der Waals surface area contributed by atoms with Crippen molar-refractivity contribution >= 4 is 5.91 Å². The molecule has 1 amide bonds. The van der Waals surface area contributed by atoms with Crippen molar-refractivity contribution in [2.45, 2.75) is 90.0 Å². The van der Waals surface area contributed by atoms with Crippen molar-refractivity contribution < 1.29 is 4.79 Å². The molecule has 1 aliphatic rings. The average molecular weight is 311 g/mol. The molecule has 0 atom stereocenters. The minimum absolute atomic E-state index is 0.274. The highest BCUT2D eigenvalue weighted by atomic mass is 16.2. The first-order chi connectivity index (χ1) is 10.6. The number of carbonyl (C=O) groups excluding carboxylic acids is 1. The van der Waals surface area contributed by atoms with Crippen molar-refractivity contribution in [1.82, 2.24) is 9.80 Å². The molecule has 3 nitrogen and oxygen atoms in total. The van der Waals surface area contributed by atoms with E-state index in [4.69, 9.17) is 0 Å². The molecule has 0 N–H and O–H groups in total. The molecule has 0 radical (unpaired) electrons. The van der Waals surface area contributed by atoms with Crippen LogP contribution in [0.15, 0.2) is 0 Å². The van der Waals surface area contributed by atoms with Crippen LogP contribution in [0.5, 0.6) is 0 Å². The molecule has 1 fully saturated rings.